The van der Waals surface area contributed by atoms with Crippen molar-refractivity contribution >= 4 is 17.2 Å². The molecule has 6 nitrogen and oxygen atoms in total. The van der Waals surface area contributed by atoms with Crippen LogP contribution in [0, 0.1) is 12.7 Å². The Labute approximate surface area is 144 Å². The Balaban J connectivity index is 1.50. The summed E-state index contributed by atoms with van der Waals surface area (Å²) in [5.74, 6) is -0.289. The molecule has 0 N–H and O–H groups in total. The van der Waals surface area contributed by atoms with Gasteiger partial charge in [0.15, 0.2) is 5.65 Å². The van der Waals surface area contributed by atoms with Gasteiger partial charge in [-0.15, -0.1) is 0 Å². The number of carbonyl (C=O) groups is 1. The monoisotopic (exact) mass is 339 g/mol. The summed E-state index contributed by atoms with van der Waals surface area (Å²) in [5, 5.41) is 4.36. The lowest BCUT2D eigenvalue weighted by atomic mass is 10.2. The topological polar surface area (TPSA) is 53.7 Å². The molecule has 128 valence electrons. The maximum Gasteiger partial charge on any atom is 0.272 e. The van der Waals surface area contributed by atoms with E-state index in [0.29, 0.717) is 37.5 Å². The van der Waals surface area contributed by atoms with Gasteiger partial charge < -0.3 is 9.80 Å². The predicted octanol–water partition coefficient (Wildman–Crippen LogP) is 2.14. The second kappa shape index (κ2) is 6.16. The van der Waals surface area contributed by atoms with Crippen LogP contribution in [0.2, 0.25) is 0 Å². The SMILES string of the molecule is Cc1cc2nccc(C(=O)N3CCN(c4ccc(F)cc4)CC3)n2n1. The number of anilines is 1. The lowest BCUT2D eigenvalue weighted by molar-refractivity contribution is 0.0738. The summed E-state index contributed by atoms with van der Waals surface area (Å²) in [6, 6.07) is 10.0. The van der Waals surface area contributed by atoms with E-state index >= 15 is 0 Å². The zero-order valence-corrected chi connectivity index (χ0v) is 13.9. The van der Waals surface area contributed by atoms with Crippen LogP contribution in [0.3, 0.4) is 0 Å². The zero-order chi connectivity index (χ0) is 17.4. The maximum absolute atomic E-state index is 13.1. The molecule has 0 radical (unpaired) electrons. The van der Waals surface area contributed by atoms with Gasteiger partial charge in [0.25, 0.3) is 5.91 Å². The number of hydrogen-bond donors (Lipinski definition) is 0. The molecule has 1 amide bonds. The molecule has 1 fully saturated rings. The van der Waals surface area contributed by atoms with Gasteiger partial charge in [0.05, 0.1) is 5.69 Å². The van der Waals surface area contributed by atoms with Crippen LogP contribution in [0.4, 0.5) is 10.1 Å². The van der Waals surface area contributed by atoms with Gasteiger partial charge in [-0.2, -0.15) is 5.10 Å². The fourth-order valence-corrected chi connectivity index (χ4v) is 3.15. The van der Waals surface area contributed by atoms with Gasteiger partial charge in [-0.1, -0.05) is 0 Å². The van der Waals surface area contributed by atoms with Crippen molar-refractivity contribution in [3.05, 3.63) is 59.8 Å². The molecule has 1 aromatic carbocycles. The molecule has 0 unspecified atom stereocenters. The number of nitrogens with zero attached hydrogens (tertiary/aromatic N) is 5. The van der Waals surface area contributed by atoms with Crippen molar-refractivity contribution in [2.24, 2.45) is 0 Å². The van der Waals surface area contributed by atoms with Gasteiger partial charge in [0.1, 0.15) is 11.5 Å². The molecule has 0 atom stereocenters. The minimum absolute atomic E-state index is 0.0470. The average molecular weight is 339 g/mol. The van der Waals surface area contributed by atoms with Gasteiger partial charge in [0.2, 0.25) is 0 Å². The standard InChI is InChI=1S/C18H18FN5O/c1-13-12-17-20-7-6-16(24(17)21-13)18(25)23-10-8-22(9-11-23)15-4-2-14(19)3-5-15/h2-7,12H,8-11H2,1H3. The van der Waals surface area contributed by atoms with Crippen LogP contribution in [0.15, 0.2) is 42.6 Å². The van der Waals surface area contributed by atoms with Crippen LogP contribution in [-0.2, 0) is 0 Å². The first kappa shape index (κ1) is 15.6. The molecule has 1 aliphatic rings. The molecule has 25 heavy (non-hydrogen) atoms. The number of halogens is 1. The third kappa shape index (κ3) is 2.93. The van der Waals surface area contributed by atoms with Crippen molar-refractivity contribution in [1.29, 1.82) is 0 Å². The number of amides is 1. The van der Waals surface area contributed by atoms with Crippen molar-refractivity contribution in [2.45, 2.75) is 6.92 Å². The fraction of sp³-hybridized carbons (Fsp3) is 0.278. The number of rotatable bonds is 2. The Morgan fingerprint density at radius 2 is 1.80 bits per heavy atom. The molecule has 0 saturated carbocycles. The largest absolute Gasteiger partial charge is 0.368 e. The summed E-state index contributed by atoms with van der Waals surface area (Å²) < 4.78 is 14.7. The van der Waals surface area contributed by atoms with Crippen LogP contribution < -0.4 is 4.90 Å². The molecule has 3 heterocycles. The van der Waals surface area contributed by atoms with E-state index < -0.39 is 0 Å². The fourth-order valence-electron chi connectivity index (χ4n) is 3.15. The lowest BCUT2D eigenvalue weighted by Crippen LogP contribution is -2.49. The summed E-state index contributed by atoms with van der Waals surface area (Å²) >= 11 is 0. The number of fused-ring (bicyclic) bond motifs is 1. The Hall–Kier alpha value is -2.96. The summed E-state index contributed by atoms with van der Waals surface area (Å²) in [6.07, 6.45) is 1.64. The molecule has 0 bridgehead atoms. The van der Waals surface area contributed by atoms with E-state index in [2.05, 4.69) is 15.0 Å². The van der Waals surface area contributed by atoms with Crippen LogP contribution in [0.1, 0.15) is 16.2 Å². The highest BCUT2D eigenvalue weighted by Gasteiger charge is 2.24. The first-order valence-corrected chi connectivity index (χ1v) is 8.23. The van der Waals surface area contributed by atoms with E-state index in [1.807, 2.05) is 17.9 Å². The summed E-state index contributed by atoms with van der Waals surface area (Å²) in [6.45, 7) is 4.53. The van der Waals surface area contributed by atoms with Crippen molar-refractivity contribution in [3.8, 4) is 0 Å². The van der Waals surface area contributed by atoms with Crippen LogP contribution in [0.5, 0.6) is 0 Å². The van der Waals surface area contributed by atoms with Crippen LogP contribution >= 0.6 is 0 Å². The summed E-state index contributed by atoms with van der Waals surface area (Å²) in [5.41, 5.74) is 3.00. The maximum atomic E-state index is 13.1. The number of benzene rings is 1. The number of aromatic nitrogens is 3. The number of carbonyl (C=O) groups excluding carboxylic acids is 1. The van der Waals surface area contributed by atoms with Crippen molar-refractivity contribution < 1.29 is 9.18 Å². The zero-order valence-electron chi connectivity index (χ0n) is 13.9. The second-order valence-corrected chi connectivity index (χ2v) is 6.14. The molecule has 2 aromatic heterocycles. The van der Waals surface area contributed by atoms with Gasteiger partial charge in [0, 0.05) is 44.1 Å². The molecular weight excluding hydrogens is 321 g/mol. The average Bonchev–Trinajstić information content (AvgIpc) is 3.02. The van der Waals surface area contributed by atoms with E-state index in [1.165, 1.54) is 12.1 Å². The van der Waals surface area contributed by atoms with E-state index in [-0.39, 0.29) is 11.7 Å². The highest BCUT2D eigenvalue weighted by molar-refractivity contribution is 5.93. The highest BCUT2D eigenvalue weighted by atomic mass is 19.1. The molecular formula is C18H18FN5O. The first-order chi connectivity index (χ1) is 12.1. The van der Waals surface area contributed by atoms with E-state index in [4.69, 9.17) is 0 Å². The minimum Gasteiger partial charge on any atom is -0.368 e. The van der Waals surface area contributed by atoms with E-state index in [0.717, 1.165) is 11.4 Å². The quantitative estimate of drug-likeness (QED) is 0.718. The minimum atomic E-state index is -0.242. The summed E-state index contributed by atoms with van der Waals surface area (Å²) in [4.78, 5) is 21.1. The summed E-state index contributed by atoms with van der Waals surface area (Å²) in [7, 11) is 0. The molecule has 1 saturated heterocycles. The number of piperazine rings is 1. The van der Waals surface area contributed by atoms with Gasteiger partial charge in [-0.05, 0) is 37.3 Å². The molecule has 0 aliphatic carbocycles. The van der Waals surface area contributed by atoms with Crippen molar-refractivity contribution in [1.82, 2.24) is 19.5 Å². The smallest absolute Gasteiger partial charge is 0.272 e. The lowest BCUT2D eigenvalue weighted by Gasteiger charge is -2.36. The van der Waals surface area contributed by atoms with Gasteiger partial charge in [-0.25, -0.2) is 13.9 Å². The predicted molar refractivity (Wildman–Crippen MR) is 92.2 cm³/mol. The van der Waals surface area contributed by atoms with Crippen LogP contribution in [0.25, 0.3) is 5.65 Å². The molecule has 3 aromatic rings. The highest BCUT2D eigenvalue weighted by Crippen LogP contribution is 2.18. The van der Waals surface area contributed by atoms with E-state index in [9.17, 15) is 9.18 Å². The van der Waals surface area contributed by atoms with Crippen molar-refractivity contribution in [3.63, 3.8) is 0 Å². The second-order valence-electron chi connectivity index (χ2n) is 6.14. The molecule has 7 heteroatoms. The molecule has 4 rings (SSSR count). The van der Waals surface area contributed by atoms with Gasteiger partial charge >= 0.3 is 0 Å². The normalized spacial score (nSPS) is 15.0. The van der Waals surface area contributed by atoms with E-state index in [1.54, 1.807) is 28.9 Å². The first-order valence-electron chi connectivity index (χ1n) is 8.23. The van der Waals surface area contributed by atoms with Crippen molar-refractivity contribution in [2.75, 3.05) is 31.1 Å². The number of aryl methyl sites for hydroxylation is 1. The van der Waals surface area contributed by atoms with Gasteiger partial charge in [-0.3, -0.25) is 4.79 Å². The third-order valence-corrected chi connectivity index (χ3v) is 4.46. The Bertz CT molecular complexity index is 913. The Kier molecular flexibility index (Phi) is 3.83. The Morgan fingerprint density at radius 3 is 2.52 bits per heavy atom. The van der Waals surface area contributed by atoms with Crippen LogP contribution in [-0.4, -0.2) is 51.6 Å². The number of hydrogen-bond acceptors (Lipinski definition) is 4. The molecule has 1 aliphatic heterocycles. The third-order valence-electron chi connectivity index (χ3n) is 4.46. The molecule has 0 spiro atoms. The Morgan fingerprint density at radius 1 is 1.08 bits per heavy atom.